The normalized spacial score (nSPS) is 23.4. The summed E-state index contributed by atoms with van der Waals surface area (Å²) in [5.41, 5.74) is -0.165. The topological polar surface area (TPSA) is 15.3 Å². The molecule has 1 aliphatic heterocycles. The van der Waals surface area contributed by atoms with E-state index < -0.39 is 11.7 Å². The Labute approximate surface area is 128 Å². The van der Waals surface area contributed by atoms with Gasteiger partial charge in [0.1, 0.15) is 0 Å². The van der Waals surface area contributed by atoms with Gasteiger partial charge in [-0.2, -0.15) is 13.2 Å². The van der Waals surface area contributed by atoms with Crippen LogP contribution in [0.3, 0.4) is 0 Å². The molecule has 2 atom stereocenters. The lowest BCUT2D eigenvalue weighted by atomic mass is 10.0. The third kappa shape index (κ3) is 3.64. The molecular formula is C15H20ClF3N2. The molecule has 0 radical (unpaired) electrons. The Morgan fingerprint density at radius 1 is 1.29 bits per heavy atom. The highest BCUT2D eigenvalue weighted by Gasteiger charge is 2.35. The molecule has 0 amide bonds. The molecule has 1 aromatic carbocycles. The zero-order chi connectivity index (χ0) is 15.6. The summed E-state index contributed by atoms with van der Waals surface area (Å²) in [6, 6.07) is 4.70. The minimum Gasteiger partial charge on any atom is -0.366 e. The van der Waals surface area contributed by atoms with Gasteiger partial charge in [-0.25, -0.2) is 0 Å². The van der Waals surface area contributed by atoms with Crippen LogP contribution in [0, 0.1) is 0 Å². The van der Waals surface area contributed by atoms with Crippen LogP contribution >= 0.6 is 11.6 Å². The van der Waals surface area contributed by atoms with Crippen LogP contribution in [0.25, 0.3) is 0 Å². The second kappa shape index (κ2) is 6.44. The maximum Gasteiger partial charge on any atom is 0.417 e. The van der Waals surface area contributed by atoms with Gasteiger partial charge in [0.25, 0.3) is 0 Å². The number of alkyl halides is 3. The van der Waals surface area contributed by atoms with E-state index in [-0.39, 0.29) is 11.1 Å². The lowest BCUT2D eigenvalue weighted by Gasteiger charge is -2.41. The van der Waals surface area contributed by atoms with Gasteiger partial charge in [0, 0.05) is 30.9 Å². The maximum atomic E-state index is 13.0. The van der Waals surface area contributed by atoms with Crippen LogP contribution in [-0.2, 0) is 6.18 Å². The first-order valence-electron chi connectivity index (χ1n) is 7.23. The third-order valence-corrected chi connectivity index (χ3v) is 4.38. The van der Waals surface area contributed by atoms with Crippen molar-refractivity contribution >= 4 is 17.3 Å². The van der Waals surface area contributed by atoms with Gasteiger partial charge in [-0.3, -0.25) is 0 Å². The summed E-state index contributed by atoms with van der Waals surface area (Å²) in [7, 11) is 0. The molecule has 0 spiro atoms. The molecule has 1 aromatic rings. The summed E-state index contributed by atoms with van der Waals surface area (Å²) in [5, 5.41) is 3.19. The summed E-state index contributed by atoms with van der Waals surface area (Å²) in [4.78, 5) is 2.07. The van der Waals surface area contributed by atoms with Crippen molar-refractivity contribution in [3.63, 3.8) is 0 Å². The fourth-order valence-corrected chi connectivity index (χ4v) is 2.95. The summed E-state index contributed by atoms with van der Waals surface area (Å²) >= 11 is 5.70. The zero-order valence-corrected chi connectivity index (χ0v) is 12.9. The number of halogens is 4. The van der Waals surface area contributed by atoms with E-state index in [1.807, 2.05) is 6.92 Å². The number of anilines is 1. The SMILES string of the molecule is CCC1CN(c2ccc(Cl)c(C(F)(F)F)c2)C(CC)CN1. The van der Waals surface area contributed by atoms with E-state index in [1.165, 1.54) is 12.1 Å². The van der Waals surface area contributed by atoms with Crippen molar-refractivity contribution in [3.05, 3.63) is 28.8 Å². The van der Waals surface area contributed by atoms with Gasteiger partial charge in [0.05, 0.1) is 10.6 Å². The van der Waals surface area contributed by atoms with Gasteiger partial charge >= 0.3 is 6.18 Å². The minimum atomic E-state index is -4.42. The van der Waals surface area contributed by atoms with E-state index in [2.05, 4.69) is 17.1 Å². The summed E-state index contributed by atoms with van der Waals surface area (Å²) < 4.78 is 39.0. The quantitative estimate of drug-likeness (QED) is 0.892. The van der Waals surface area contributed by atoms with Crippen LogP contribution in [0.2, 0.25) is 5.02 Å². The molecule has 1 aliphatic rings. The van der Waals surface area contributed by atoms with Gasteiger partial charge in [-0.1, -0.05) is 25.4 Å². The Morgan fingerprint density at radius 3 is 2.57 bits per heavy atom. The van der Waals surface area contributed by atoms with Crippen molar-refractivity contribution in [2.24, 2.45) is 0 Å². The van der Waals surface area contributed by atoms with Crippen molar-refractivity contribution in [2.45, 2.75) is 44.9 Å². The molecule has 0 aromatic heterocycles. The molecule has 0 saturated carbocycles. The number of piperazine rings is 1. The molecule has 6 heteroatoms. The van der Waals surface area contributed by atoms with Crippen molar-refractivity contribution in [1.82, 2.24) is 5.32 Å². The van der Waals surface area contributed by atoms with Crippen molar-refractivity contribution in [3.8, 4) is 0 Å². The predicted molar refractivity (Wildman–Crippen MR) is 80.0 cm³/mol. The largest absolute Gasteiger partial charge is 0.417 e. The number of rotatable bonds is 3. The predicted octanol–water partition coefficient (Wildman–Crippen LogP) is 4.33. The van der Waals surface area contributed by atoms with Gasteiger partial charge in [-0.15, -0.1) is 0 Å². The van der Waals surface area contributed by atoms with Crippen LogP contribution in [0.4, 0.5) is 18.9 Å². The Bertz CT molecular complexity index is 490. The number of nitrogens with one attached hydrogen (secondary N) is 1. The molecule has 1 N–H and O–H groups in total. The van der Waals surface area contributed by atoms with E-state index in [0.29, 0.717) is 18.3 Å². The van der Waals surface area contributed by atoms with Gasteiger partial charge in [-0.05, 0) is 31.0 Å². The van der Waals surface area contributed by atoms with E-state index in [9.17, 15) is 13.2 Å². The van der Waals surface area contributed by atoms with E-state index >= 15 is 0 Å². The monoisotopic (exact) mass is 320 g/mol. The van der Waals surface area contributed by atoms with Crippen molar-refractivity contribution in [2.75, 3.05) is 18.0 Å². The first kappa shape index (κ1) is 16.4. The van der Waals surface area contributed by atoms with Crippen LogP contribution in [0.5, 0.6) is 0 Å². The van der Waals surface area contributed by atoms with E-state index in [1.54, 1.807) is 6.07 Å². The average Bonchev–Trinajstić information content (AvgIpc) is 2.46. The lowest BCUT2D eigenvalue weighted by Crippen LogP contribution is -2.56. The number of nitrogens with zero attached hydrogens (tertiary/aromatic N) is 1. The van der Waals surface area contributed by atoms with Crippen molar-refractivity contribution < 1.29 is 13.2 Å². The van der Waals surface area contributed by atoms with Gasteiger partial charge in [0.15, 0.2) is 0 Å². The van der Waals surface area contributed by atoms with E-state index in [0.717, 1.165) is 19.4 Å². The van der Waals surface area contributed by atoms with E-state index in [4.69, 9.17) is 11.6 Å². The molecule has 1 heterocycles. The van der Waals surface area contributed by atoms with Crippen LogP contribution < -0.4 is 10.2 Å². The summed E-state index contributed by atoms with van der Waals surface area (Å²) in [6.45, 7) is 5.63. The molecule has 2 nitrogen and oxygen atoms in total. The second-order valence-electron chi connectivity index (χ2n) is 5.39. The Morgan fingerprint density at radius 2 is 2.00 bits per heavy atom. The Kier molecular flexibility index (Phi) is 5.04. The maximum absolute atomic E-state index is 13.0. The van der Waals surface area contributed by atoms with Gasteiger partial charge in [0.2, 0.25) is 0 Å². The Balaban J connectivity index is 2.34. The fourth-order valence-electron chi connectivity index (χ4n) is 2.73. The average molecular weight is 321 g/mol. The summed E-state index contributed by atoms with van der Waals surface area (Å²) in [5.74, 6) is 0. The molecule has 21 heavy (non-hydrogen) atoms. The molecule has 0 bridgehead atoms. The molecule has 1 fully saturated rings. The number of hydrogen-bond acceptors (Lipinski definition) is 2. The smallest absolute Gasteiger partial charge is 0.366 e. The lowest BCUT2D eigenvalue weighted by molar-refractivity contribution is -0.137. The molecule has 0 aliphatic carbocycles. The van der Waals surface area contributed by atoms with Gasteiger partial charge < -0.3 is 10.2 Å². The van der Waals surface area contributed by atoms with Crippen LogP contribution in [0.15, 0.2) is 18.2 Å². The molecule has 118 valence electrons. The third-order valence-electron chi connectivity index (χ3n) is 4.05. The number of benzene rings is 1. The molecule has 1 saturated heterocycles. The molecule has 2 unspecified atom stereocenters. The minimum absolute atomic E-state index is 0.204. The standard InChI is InChI=1S/C15H20ClF3N2/c1-3-10-9-21(11(4-2)8-20-10)12-5-6-14(16)13(7-12)15(17,18)19/h5-7,10-11,20H,3-4,8-9H2,1-2H3. The molecular weight excluding hydrogens is 301 g/mol. The highest BCUT2D eigenvalue weighted by molar-refractivity contribution is 6.31. The highest BCUT2D eigenvalue weighted by Crippen LogP contribution is 2.37. The fraction of sp³-hybridized carbons (Fsp3) is 0.600. The van der Waals surface area contributed by atoms with Crippen LogP contribution in [-0.4, -0.2) is 25.2 Å². The van der Waals surface area contributed by atoms with Crippen molar-refractivity contribution in [1.29, 1.82) is 0 Å². The highest BCUT2D eigenvalue weighted by atomic mass is 35.5. The number of hydrogen-bond donors (Lipinski definition) is 1. The first-order valence-corrected chi connectivity index (χ1v) is 7.61. The molecule has 2 rings (SSSR count). The zero-order valence-electron chi connectivity index (χ0n) is 12.2. The first-order chi connectivity index (χ1) is 9.86. The summed E-state index contributed by atoms with van der Waals surface area (Å²) in [6.07, 6.45) is -2.59. The second-order valence-corrected chi connectivity index (χ2v) is 5.80. The van der Waals surface area contributed by atoms with Crippen LogP contribution in [0.1, 0.15) is 32.3 Å². The Hall–Kier alpha value is -0.940.